The normalized spacial score (nSPS) is 12.4. The molecule has 1 aromatic heterocycles. The number of halogens is 2. The van der Waals surface area contributed by atoms with Crippen molar-refractivity contribution >= 4 is 34.4 Å². The molecule has 3 aromatic carbocycles. The van der Waals surface area contributed by atoms with Gasteiger partial charge in [-0.2, -0.15) is 0 Å². The lowest BCUT2D eigenvalue weighted by Crippen LogP contribution is -2.50. The van der Waals surface area contributed by atoms with Crippen LogP contribution in [0.3, 0.4) is 0 Å². The molecule has 1 heterocycles. The van der Waals surface area contributed by atoms with Gasteiger partial charge in [-0.3, -0.25) is 9.59 Å². The van der Waals surface area contributed by atoms with E-state index in [1.54, 1.807) is 42.5 Å². The Morgan fingerprint density at radius 2 is 1.69 bits per heavy atom. The fraction of sp³-hybridized carbons (Fsp3) is 0.259. The Bertz CT molecular complexity index is 1400. The molecule has 0 spiro atoms. The maximum absolute atomic E-state index is 15.1. The van der Waals surface area contributed by atoms with Crippen LogP contribution in [0.2, 0.25) is 5.02 Å². The maximum Gasteiger partial charge on any atom is 0.247 e. The highest BCUT2D eigenvalue weighted by Crippen LogP contribution is 2.29. The van der Waals surface area contributed by atoms with Crippen LogP contribution in [0.25, 0.3) is 11.0 Å². The van der Waals surface area contributed by atoms with Gasteiger partial charge >= 0.3 is 0 Å². The van der Waals surface area contributed by atoms with Crippen LogP contribution in [0.15, 0.2) is 72.8 Å². The van der Waals surface area contributed by atoms with Crippen LogP contribution in [0.1, 0.15) is 37.9 Å². The van der Waals surface area contributed by atoms with Crippen molar-refractivity contribution in [2.45, 2.75) is 45.4 Å². The smallest absolute Gasteiger partial charge is 0.247 e. The van der Waals surface area contributed by atoms with E-state index in [1.165, 1.54) is 21.7 Å². The second-order valence-corrected chi connectivity index (χ2v) is 9.92. The summed E-state index contributed by atoms with van der Waals surface area (Å²) in [5, 5.41) is 11.6. The van der Waals surface area contributed by atoms with Crippen molar-refractivity contribution in [1.82, 2.24) is 25.2 Å². The van der Waals surface area contributed by atoms with E-state index in [9.17, 15) is 9.59 Å². The number of para-hydroxylation sites is 1. The first-order valence-electron chi connectivity index (χ1n) is 11.5. The lowest BCUT2D eigenvalue weighted by Gasteiger charge is -2.34. The highest BCUT2D eigenvalue weighted by molar-refractivity contribution is 6.31. The van der Waals surface area contributed by atoms with Gasteiger partial charge in [0.2, 0.25) is 11.8 Å². The summed E-state index contributed by atoms with van der Waals surface area (Å²) < 4.78 is 16.6. The third-order valence-corrected chi connectivity index (χ3v) is 5.95. The number of benzene rings is 3. The van der Waals surface area contributed by atoms with E-state index in [1.807, 2.05) is 39.0 Å². The largest absolute Gasteiger partial charge is 0.349 e. The predicted molar refractivity (Wildman–Crippen MR) is 137 cm³/mol. The minimum absolute atomic E-state index is 0.0122. The van der Waals surface area contributed by atoms with Crippen molar-refractivity contribution < 1.29 is 14.0 Å². The van der Waals surface area contributed by atoms with Crippen molar-refractivity contribution in [1.29, 1.82) is 0 Å². The number of carbonyl (C=O) groups is 2. The van der Waals surface area contributed by atoms with Crippen LogP contribution in [-0.4, -0.2) is 37.2 Å². The minimum atomic E-state index is -1.25. The Morgan fingerprint density at radius 3 is 2.42 bits per heavy atom. The van der Waals surface area contributed by atoms with E-state index in [0.29, 0.717) is 21.6 Å². The molecule has 186 valence electrons. The quantitative estimate of drug-likeness (QED) is 0.385. The van der Waals surface area contributed by atoms with Crippen LogP contribution < -0.4 is 5.32 Å². The zero-order valence-electron chi connectivity index (χ0n) is 20.3. The van der Waals surface area contributed by atoms with Gasteiger partial charge in [0.15, 0.2) is 0 Å². The molecule has 2 amide bonds. The van der Waals surface area contributed by atoms with Crippen LogP contribution in [0, 0.1) is 5.82 Å². The number of amides is 2. The molecule has 4 rings (SSSR count). The standard InChI is InChI=1S/C27H27ClFN5O2/c1-27(2,3)30-26(36)25(19-11-5-7-13-21(19)29)33(16-18-10-4-6-12-20(18)28)24(35)17-34-23-15-9-8-14-22(23)31-32-34/h4-15,25H,16-17H2,1-3H3,(H,30,36)/t25-/m1/s1. The van der Waals surface area contributed by atoms with Crippen LogP contribution in [-0.2, 0) is 22.7 Å². The summed E-state index contributed by atoms with van der Waals surface area (Å²) in [6, 6.07) is 19.0. The van der Waals surface area contributed by atoms with Crippen molar-refractivity contribution in [3.05, 3.63) is 94.8 Å². The molecule has 9 heteroatoms. The molecule has 0 aliphatic rings. The van der Waals surface area contributed by atoms with Gasteiger partial charge in [-0.15, -0.1) is 5.10 Å². The number of carbonyl (C=O) groups excluding carboxylic acids is 2. The molecule has 0 bridgehead atoms. The second-order valence-electron chi connectivity index (χ2n) is 9.51. The molecule has 4 aromatic rings. The average Bonchev–Trinajstić information content (AvgIpc) is 3.22. The Kier molecular flexibility index (Phi) is 7.35. The molecule has 1 N–H and O–H groups in total. The first-order chi connectivity index (χ1) is 17.1. The molecule has 1 atom stereocenters. The summed E-state index contributed by atoms with van der Waals surface area (Å²) in [7, 11) is 0. The molecule has 7 nitrogen and oxygen atoms in total. The summed E-state index contributed by atoms with van der Waals surface area (Å²) >= 11 is 6.42. The first-order valence-corrected chi connectivity index (χ1v) is 11.9. The highest BCUT2D eigenvalue weighted by atomic mass is 35.5. The summed E-state index contributed by atoms with van der Waals surface area (Å²) in [6.45, 7) is 5.27. The molecule has 0 unspecified atom stereocenters. The number of nitrogens with one attached hydrogen (secondary N) is 1. The fourth-order valence-corrected chi connectivity index (χ4v) is 4.17. The van der Waals surface area contributed by atoms with Gasteiger partial charge in [-0.05, 0) is 50.6 Å². The van der Waals surface area contributed by atoms with Gasteiger partial charge in [0.05, 0.1) is 5.52 Å². The van der Waals surface area contributed by atoms with Gasteiger partial charge in [0.25, 0.3) is 0 Å². The van der Waals surface area contributed by atoms with Crippen LogP contribution in [0.5, 0.6) is 0 Å². The second kappa shape index (κ2) is 10.5. The van der Waals surface area contributed by atoms with E-state index < -0.39 is 29.2 Å². The Morgan fingerprint density at radius 1 is 1.03 bits per heavy atom. The maximum atomic E-state index is 15.1. The number of hydrogen-bond donors (Lipinski definition) is 1. The fourth-order valence-electron chi connectivity index (χ4n) is 3.97. The third-order valence-electron chi connectivity index (χ3n) is 5.58. The minimum Gasteiger partial charge on any atom is -0.349 e. The number of aromatic nitrogens is 3. The molecule has 36 heavy (non-hydrogen) atoms. The molecule has 0 radical (unpaired) electrons. The molecular weight excluding hydrogens is 481 g/mol. The lowest BCUT2D eigenvalue weighted by atomic mass is 10.00. The Hall–Kier alpha value is -3.78. The number of nitrogens with zero attached hydrogens (tertiary/aromatic N) is 4. The summed E-state index contributed by atoms with van der Waals surface area (Å²) in [5.41, 5.74) is 1.41. The van der Waals surface area contributed by atoms with Crippen molar-refractivity contribution in [3.8, 4) is 0 Å². The van der Waals surface area contributed by atoms with E-state index in [2.05, 4.69) is 15.6 Å². The Balaban J connectivity index is 1.80. The van der Waals surface area contributed by atoms with Gasteiger partial charge in [-0.25, -0.2) is 9.07 Å². The monoisotopic (exact) mass is 507 g/mol. The van der Waals surface area contributed by atoms with Crippen molar-refractivity contribution in [3.63, 3.8) is 0 Å². The van der Waals surface area contributed by atoms with E-state index >= 15 is 4.39 Å². The van der Waals surface area contributed by atoms with Gasteiger partial charge in [-0.1, -0.05) is 65.3 Å². The number of rotatable bonds is 7. The van der Waals surface area contributed by atoms with Crippen LogP contribution in [0.4, 0.5) is 4.39 Å². The number of hydrogen-bond acceptors (Lipinski definition) is 4. The molecule has 0 aliphatic carbocycles. The molecule has 0 saturated heterocycles. The van der Waals surface area contributed by atoms with Crippen LogP contribution >= 0.6 is 11.6 Å². The summed E-state index contributed by atoms with van der Waals surface area (Å²) in [4.78, 5) is 28.8. The van der Waals surface area contributed by atoms with Crippen molar-refractivity contribution in [2.75, 3.05) is 0 Å². The van der Waals surface area contributed by atoms with E-state index in [0.717, 1.165) is 0 Å². The molecular formula is C27H27ClFN5O2. The summed E-state index contributed by atoms with van der Waals surface area (Å²) in [6.07, 6.45) is 0. The Labute approximate surface area is 213 Å². The first kappa shape index (κ1) is 25.3. The molecule has 0 saturated carbocycles. The molecule has 0 fully saturated rings. The topological polar surface area (TPSA) is 80.1 Å². The van der Waals surface area contributed by atoms with Gasteiger partial charge in [0, 0.05) is 22.7 Å². The summed E-state index contributed by atoms with van der Waals surface area (Å²) in [5.74, 6) is -1.53. The van der Waals surface area contributed by atoms with Gasteiger partial charge in [0.1, 0.15) is 23.9 Å². The van der Waals surface area contributed by atoms with E-state index in [4.69, 9.17) is 11.6 Å². The van der Waals surface area contributed by atoms with E-state index in [-0.39, 0.29) is 18.7 Å². The van der Waals surface area contributed by atoms with Gasteiger partial charge < -0.3 is 10.2 Å². The highest BCUT2D eigenvalue weighted by Gasteiger charge is 2.35. The third kappa shape index (κ3) is 5.71. The van der Waals surface area contributed by atoms with Crippen molar-refractivity contribution in [2.24, 2.45) is 0 Å². The lowest BCUT2D eigenvalue weighted by molar-refractivity contribution is -0.143. The number of fused-ring (bicyclic) bond motifs is 1. The molecule has 0 aliphatic heterocycles. The zero-order valence-corrected chi connectivity index (χ0v) is 21.0. The zero-order chi connectivity index (χ0) is 25.9. The average molecular weight is 508 g/mol. The SMILES string of the molecule is CC(C)(C)NC(=O)[C@@H](c1ccccc1F)N(Cc1ccccc1Cl)C(=O)Cn1nnc2ccccc21. The predicted octanol–water partition coefficient (Wildman–Crippen LogP) is 4.91.